The van der Waals surface area contributed by atoms with Crippen LogP contribution in [0.1, 0.15) is 25.0 Å². The van der Waals surface area contributed by atoms with Crippen LogP contribution >= 0.6 is 0 Å². The van der Waals surface area contributed by atoms with Crippen LogP contribution in [-0.4, -0.2) is 53.8 Å². The Labute approximate surface area is 126 Å². The van der Waals surface area contributed by atoms with Gasteiger partial charge in [-0.15, -0.1) is 0 Å². The van der Waals surface area contributed by atoms with Crippen molar-refractivity contribution in [3.05, 3.63) is 11.8 Å². The van der Waals surface area contributed by atoms with E-state index in [1.165, 1.54) is 19.3 Å². The van der Waals surface area contributed by atoms with Crippen molar-refractivity contribution in [1.29, 1.82) is 0 Å². The maximum absolute atomic E-state index is 12.1. The monoisotopic (exact) mass is 293 g/mol. The molecule has 0 spiro atoms. The molecule has 1 fully saturated rings. The second-order valence-electron chi connectivity index (χ2n) is 5.95. The molecule has 0 unspecified atom stereocenters. The topological polar surface area (TPSA) is 62.2 Å². The fourth-order valence-corrected chi connectivity index (χ4v) is 2.89. The minimum Gasteiger partial charge on any atom is -0.320 e. The van der Waals surface area contributed by atoms with Gasteiger partial charge in [-0.25, -0.2) is 0 Å². The van der Waals surface area contributed by atoms with E-state index >= 15 is 0 Å². The molecular weight excluding hydrogens is 266 g/mol. The number of carbonyl (C=O) groups excluding carboxylic acids is 1. The van der Waals surface area contributed by atoms with Crippen molar-refractivity contribution in [3.8, 4) is 0 Å². The van der Waals surface area contributed by atoms with Crippen LogP contribution in [0.15, 0.2) is 6.07 Å². The second-order valence-corrected chi connectivity index (χ2v) is 5.95. The highest BCUT2D eigenvalue weighted by Gasteiger charge is 2.20. The van der Waals surface area contributed by atoms with Crippen LogP contribution in [-0.2, 0) is 11.8 Å². The van der Waals surface area contributed by atoms with Crippen LogP contribution in [0.4, 0.5) is 5.82 Å². The molecular formula is C15H27N5O. The number of nitrogens with zero attached hydrogens (tertiary/aromatic N) is 3. The van der Waals surface area contributed by atoms with Crippen molar-refractivity contribution < 1.29 is 4.79 Å². The summed E-state index contributed by atoms with van der Waals surface area (Å²) in [6.07, 6.45) is 3.63. The van der Waals surface area contributed by atoms with Gasteiger partial charge in [0.2, 0.25) is 5.91 Å². The molecule has 0 aliphatic carbocycles. The first-order chi connectivity index (χ1) is 10.1. The number of carbonyl (C=O) groups is 1. The van der Waals surface area contributed by atoms with E-state index in [0.717, 1.165) is 37.1 Å². The largest absolute Gasteiger partial charge is 0.320 e. The van der Waals surface area contributed by atoms with Gasteiger partial charge in [-0.1, -0.05) is 0 Å². The van der Waals surface area contributed by atoms with Gasteiger partial charge in [-0.2, -0.15) is 5.10 Å². The van der Waals surface area contributed by atoms with Crippen LogP contribution in [0, 0.1) is 12.8 Å². The fourth-order valence-electron chi connectivity index (χ4n) is 2.89. The average molecular weight is 293 g/mol. The molecule has 6 heteroatoms. The first-order valence-corrected chi connectivity index (χ1v) is 7.76. The molecule has 2 heterocycles. The Hall–Kier alpha value is -1.40. The van der Waals surface area contributed by atoms with Gasteiger partial charge in [0.15, 0.2) is 0 Å². The number of likely N-dealkylation sites (tertiary alicyclic amines) is 1. The SMILES string of the molecule is CNCCC1CCN(CC(=O)Nc2cc(C)nn2C)CC1. The van der Waals surface area contributed by atoms with E-state index in [0.29, 0.717) is 6.54 Å². The molecule has 6 nitrogen and oxygen atoms in total. The molecule has 0 atom stereocenters. The van der Waals surface area contributed by atoms with E-state index in [1.54, 1.807) is 4.68 Å². The van der Waals surface area contributed by atoms with E-state index in [2.05, 4.69) is 20.6 Å². The Kier molecular flexibility index (Phi) is 5.76. The maximum Gasteiger partial charge on any atom is 0.239 e. The summed E-state index contributed by atoms with van der Waals surface area (Å²) in [5.74, 6) is 1.62. The van der Waals surface area contributed by atoms with Gasteiger partial charge in [0.05, 0.1) is 12.2 Å². The van der Waals surface area contributed by atoms with Gasteiger partial charge >= 0.3 is 0 Å². The lowest BCUT2D eigenvalue weighted by Crippen LogP contribution is -2.39. The lowest BCUT2D eigenvalue weighted by atomic mass is 9.93. The highest BCUT2D eigenvalue weighted by molar-refractivity contribution is 5.91. The summed E-state index contributed by atoms with van der Waals surface area (Å²) in [6.45, 7) is 5.53. The quantitative estimate of drug-likeness (QED) is 0.821. The summed E-state index contributed by atoms with van der Waals surface area (Å²) in [4.78, 5) is 14.3. The number of piperidine rings is 1. The molecule has 1 aliphatic heterocycles. The first kappa shape index (κ1) is 16.0. The summed E-state index contributed by atoms with van der Waals surface area (Å²) < 4.78 is 1.71. The Morgan fingerprint density at radius 2 is 2.14 bits per heavy atom. The molecule has 21 heavy (non-hydrogen) atoms. The molecule has 0 radical (unpaired) electrons. The highest BCUT2D eigenvalue weighted by atomic mass is 16.2. The van der Waals surface area contributed by atoms with Crippen molar-refractivity contribution in [2.45, 2.75) is 26.2 Å². The van der Waals surface area contributed by atoms with Crippen molar-refractivity contribution in [2.75, 3.05) is 38.5 Å². The molecule has 2 rings (SSSR count). The molecule has 1 saturated heterocycles. The normalized spacial score (nSPS) is 17.1. The molecule has 118 valence electrons. The maximum atomic E-state index is 12.1. The molecule has 1 aliphatic rings. The standard InChI is InChI=1S/C15H27N5O/c1-12-10-14(19(3)18-12)17-15(21)11-20-8-5-13(6-9-20)4-7-16-2/h10,13,16H,4-9,11H2,1-3H3,(H,17,21). The van der Waals surface area contributed by atoms with Crippen molar-refractivity contribution in [3.63, 3.8) is 0 Å². The number of rotatable bonds is 6. The van der Waals surface area contributed by atoms with E-state index in [-0.39, 0.29) is 5.91 Å². The second kappa shape index (κ2) is 7.56. The molecule has 2 N–H and O–H groups in total. The smallest absolute Gasteiger partial charge is 0.239 e. The Morgan fingerprint density at radius 1 is 1.43 bits per heavy atom. The Morgan fingerprint density at radius 3 is 2.71 bits per heavy atom. The minimum absolute atomic E-state index is 0.0478. The zero-order valence-electron chi connectivity index (χ0n) is 13.4. The zero-order valence-corrected chi connectivity index (χ0v) is 13.4. The third kappa shape index (κ3) is 4.82. The van der Waals surface area contributed by atoms with Crippen molar-refractivity contribution in [2.24, 2.45) is 13.0 Å². The lowest BCUT2D eigenvalue weighted by Gasteiger charge is -2.31. The van der Waals surface area contributed by atoms with Crippen LogP contribution in [0.25, 0.3) is 0 Å². The lowest BCUT2D eigenvalue weighted by molar-refractivity contribution is -0.117. The zero-order chi connectivity index (χ0) is 15.2. The van der Waals surface area contributed by atoms with Gasteiger partial charge in [0.1, 0.15) is 5.82 Å². The number of aromatic nitrogens is 2. The third-order valence-corrected chi connectivity index (χ3v) is 4.15. The molecule has 0 bridgehead atoms. The van der Waals surface area contributed by atoms with Crippen LogP contribution < -0.4 is 10.6 Å². The first-order valence-electron chi connectivity index (χ1n) is 7.76. The number of aryl methyl sites for hydroxylation is 2. The predicted octanol–water partition coefficient (Wildman–Crippen LogP) is 0.989. The summed E-state index contributed by atoms with van der Waals surface area (Å²) in [5, 5.41) is 10.4. The fraction of sp³-hybridized carbons (Fsp3) is 0.733. The molecule has 0 saturated carbocycles. The number of anilines is 1. The molecule has 1 aromatic rings. The third-order valence-electron chi connectivity index (χ3n) is 4.15. The summed E-state index contributed by atoms with van der Waals surface area (Å²) >= 11 is 0. The number of amides is 1. The number of nitrogens with one attached hydrogen (secondary N) is 2. The van der Waals surface area contributed by atoms with Crippen molar-refractivity contribution >= 4 is 11.7 Å². The molecule has 1 amide bonds. The van der Waals surface area contributed by atoms with Crippen LogP contribution in [0.3, 0.4) is 0 Å². The molecule has 1 aromatic heterocycles. The molecule has 0 aromatic carbocycles. The Bertz CT molecular complexity index is 463. The van der Waals surface area contributed by atoms with E-state index in [4.69, 9.17) is 0 Å². The summed E-state index contributed by atoms with van der Waals surface area (Å²) in [5.41, 5.74) is 0.915. The van der Waals surface area contributed by atoms with Gasteiger partial charge in [0.25, 0.3) is 0 Å². The van der Waals surface area contributed by atoms with Gasteiger partial charge in [-0.3, -0.25) is 14.4 Å². The van der Waals surface area contributed by atoms with E-state index in [9.17, 15) is 4.79 Å². The average Bonchev–Trinajstić information content (AvgIpc) is 2.76. The Balaban J connectivity index is 1.73. The number of hydrogen-bond donors (Lipinski definition) is 2. The van der Waals surface area contributed by atoms with Crippen LogP contribution in [0.5, 0.6) is 0 Å². The van der Waals surface area contributed by atoms with E-state index in [1.807, 2.05) is 27.1 Å². The van der Waals surface area contributed by atoms with Crippen LogP contribution in [0.2, 0.25) is 0 Å². The predicted molar refractivity (Wildman–Crippen MR) is 84.3 cm³/mol. The van der Waals surface area contributed by atoms with Crippen molar-refractivity contribution in [1.82, 2.24) is 20.0 Å². The van der Waals surface area contributed by atoms with Gasteiger partial charge in [0, 0.05) is 13.1 Å². The van der Waals surface area contributed by atoms with Gasteiger partial charge in [-0.05, 0) is 58.8 Å². The number of hydrogen-bond acceptors (Lipinski definition) is 4. The van der Waals surface area contributed by atoms with E-state index < -0.39 is 0 Å². The highest BCUT2D eigenvalue weighted by Crippen LogP contribution is 2.19. The summed E-state index contributed by atoms with van der Waals surface area (Å²) in [7, 11) is 3.84. The summed E-state index contributed by atoms with van der Waals surface area (Å²) in [6, 6.07) is 1.89. The van der Waals surface area contributed by atoms with Gasteiger partial charge < -0.3 is 10.6 Å². The minimum atomic E-state index is 0.0478.